The van der Waals surface area contributed by atoms with Crippen molar-refractivity contribution in [2.24, 2.45) is 0 Å². The number of anilines is 4. The van der Waals surface area contributed by atoms with Crippen molar-refractivity contribution in [1.82, 2.24) is 9.97 Å². The number of fused-ring (bicyclic) bond motifs is 1. The Morgan fingerprint density at radius 1 is 1.08 bits per heavy atom. The van der Waals surface area contributed by atoms with Crippen LogP contribution in [0.4, 0.5) is 23.0 Å². The quantitative estimate of drug-likeness (QED) is 0.913. The van der Waals surface area contributed by atoms with Gasteiger partial charge in [-0.05, 0) is 38.1 Å². The van der Waals surface area contributed by atoms with Crippen molar-refractivity contribution in [3.63, 3.8) is 0 Å². The lowest BCUT2D eigenvalue weighted by Crippen LogP contribution is -2.36. The van der Waals surface area contributed by atoms with Gasteiger partial charge in [0.2, 0.25) is 5.91 Å². The van der Waals surface area contributed by atoms with E-state index in [-0.39, 0.29) is 5.91 Å². The molecule has 1 fully saturated rings. The van der Waals surface area contributed by atoms with Crippen molar-refractivity contribution in [2.75, 3.05) is 48.5 Å². The summed E-state index contributed by atoms with van der Waals surface area (Å²) in [7, 11) is 1.81. The summed E-state index contributed by atoms with van der Waals surface area (Å²) in [6.45, 7) is 7.10. The second-order valence-electron chi connectivity index (χ2n) is 7.05. The molecule has 0 spiro atoms. The first-order chi connectivity index (χ1) is 12.5. The van der Waals surface area contributed by atoms with Gasteiger partial charge < -0.3 is 15.0 Å². The predicted molar refractivity (Wildman–Crippen MR) is 101 cm³/mol. The number of nitrogens with one attached hydrogen (secondary N) is 1. The zero-order chi connectivity index (χ0) is 18.3. The highest BCUT2D eigenvalue weighted by molar-refractivity contribution is 6.12. The minimum atomic E-state index is -0.683. The fraction of sp³-hybridized carbons (Fsp3) is 0.421. The third-order valence-electron chi connectivity index (χ3n) is 5.12. The first kappa shape index (κ1) is 16.8. The van der Waals surface area contributed by atoms with Crippen LogP contribution in [-0.4, -0.2) is 49.2 Å². The van der Waals surface area contributed by atoms with Gasteiger partial charge in [-0.25, -0.2) is 9.97 Å². The van der Waals surface area contributed by atoms with E-state index in [1.165, 1.54) is 6.33 Å². The van der Waals surface area contributed by atoms with Crippen LogP contribution in [0.1, 0.15) is 19.4 Å². The Labute approximate surface area is 153 Å². The molecule has 136 valence electrons. The monoisotopic (exact) mass is 353 g/mol. The van der Waals surface area contributed by atoms with Crippen molar-refractivity contribution in [1.29, 1.82) is 0 Å². The van der Waals surface area contributed by atoms with Gasteiger partial charge in [0.25, 0.3) is 0 Å². The van der Waals surface area contributed by atoms with Gasteiger partial charge in [0.05, 0.1) is 29.9 Å². The largest absolute Gasteiger partial charge is 0.378 e. The SMILES string of the molecule is CNc1ncnc2c1C(C)(C)C(=O)N2c1ccc(N2CCOCC2)cc1. The third kappa shape index (κ3) is 2.50. The first-order valence-corrected chi connectivity index (χ1v) is 8.84. The minimum absolute atomic E-state index is 0.00335. The molecule has 1 saturated heterocycles. The number of hydrogen-bond donors (Lipinski definition) is 1. The minimum Gasteiger partial charge on any atom is -0.378 e. The standard InChI is InChI=1S/C19H23N5O2/c1-19(2)15-16(20-3)21-12-22-17(15)24(18(19)25)14-6-4-13(5-7-14)23-8-10-26-11-9-23/h4-7,12H,8-11H2,1-3H3,(H,20,21,22). The van der Waals surface area contributed by atoms with E-state index in [1.807, 2.05) is 33.0 Å². The summed E-state index contributed by atoms with van der Waals surface area (Å²) in [5.74, 6) is 1.35. The third-order valence-corrected chi connectivity index (χ3v) is 5.12. The van der Waals surface area contributed by atoms with Gasteiger partial charge in [-0.1, -0.05) is 0 Å². The van der Waals surface area contributed by atoms with Gasteiger partial charge in [-0.2, -0.15) is 0 Å². The van der Waals surface area contributed by atoms with E-state index in [2.05, 4.69) is 32.3 Å². The van der Waals surface area contributed by atoms with E-state index >= 15 is 0 Å². The van der Waals surface area contributed by atoms with Crippen LogP contribution >= 0.6 is 0 Å². The van der Waals surface area contributed by atoms with Crippen LogP contribution in [0, 0.1) is 0 Å². The number of carbonyl (C=O) groups is 1. The normalized spacial score (nSPS) is 18.8. The van der Waals surface area contributed by atoms with E-state index in [9.17, 15) is 4.79 Å². The molecular formula is C19H23N5O2. The molecule has 0 unspecified atom stereocenters. The van der Waals surface area contributed by atoms with E-state index in [4.69, 9.17) is 4.74 Å². The number of ether oxygens (including phenoxy) is 1. The van der Waals surface area contributed by atoms with Gasteiger partial charge in [-0.15, -0.1) is 0 Å². The lowest BCUT2D eigenvalue weighted by atomic mass is 9.87. The number of morpholine rings is 1. The fourth-order valence-corrected chi connectivity index (χ4v) is 3.67. The molecule has 1 aromatic carbocycles. The summed E-state index contributed by atoms with van der Waals surface area (Å²) < 4.78 is 5.41. The van der Waals surface area contributed by atoms with Gasteiger partial charge >= 0.3 is 0 Å². The number of nitrogens with zero attached hydrogens (tertiary/aromatic N) is 4. The Morgan fingerprint density at radius 2 is 1.73 bits per heavy atom. The maximum absolute atomic E-state index is 13.1. The molecule has 2 aromatic rings. The highest BCUT2D eigenvalue weighted by Gasteiger charge is 2.47. The Hall–Kier alpha value is -2.67. The molecule has 7 heteroatoms. The van der Waals surface area contributed by atoms with Crippen molar-refractivity contribution < 1.29 is 9.53 Å². The van der Waals surface area contributed by atoms with Gasteiger partial charge in [-0.3, -0.25) is 9.69 Å². The maximum Gasteiger partial charge on any atom is 0.243 e. The zero-order valence-electron chi connectivity index (χ0n) is 15.3. The van der Waals surface area contributed by atoms with Crippen LogP contribution < -0.4 is 15.1 Å². The summed E-state index contributed by atoms with van der Waals surface area (Å²) in [6.07, 6.45) is 1.49. The molecule has 1 amide bonds. The van der Waals surface area contributed by atoms with Crippen LogP contribution in [0.3, 0.4) is 0 Å². The zero-order valence-corrected chi connectivity index (χ0v) is 15.3. The van der Waals surface area contributed by atoms with Crippen molar-refractivity contribution in [3.05, 3.63) is 36.2 Å². The molecule has 0 bridgehead atoms. The fourth-order valence-electron chi connectivity index (χ4n) is 3.67. The average Bonchev–Trinajstić information content (AvgIpc) is 2.89. The number of aromatic nitrogens is 2. The summed E-state index contributed by atoms with van der Waals surface area (Å²) >= 11 is 0. The molecular weight excluding hydrogens is 330 g/mol. The average molecular weight is 353 g/mol. The van der Waals surface area contributed by atoms with Crippen LogP contribution in [-0.2, 0) is 14.9 Å². The highest BCUT2D eigenvalue weighted by Crippen LogP contribution is 2.46. The molecule has 2 aliphatic rings. The number of carbonyl (C=O) groups excluding carboxylic acids is 1. The number of benzene rings is 1. The smallest absolute Gasteiger partial charge is 0.243 e. The predicted octanol–water partition coefficient (Wildman–Crippen LogP) is 2.31. The molecule has 4 rings (SSSR count). The number of hydrogen-bond acceptors (Lipinski definition) is 6. The first-order valence-electron chi connectivity index (χ1n) is 8.84. The molecule has 7 nitrogen and oxygen atoms in total. The van der Waals surface area contributed by atoms with Crippen LogP contribution in [0.25, 0.3) is 0 Å². The van der Waals surface area contributed by atoms with E-state index in [0.717, 1.165) is 43.2 Å². The summed E-state index contributed by atoms with van der Waals surface area (Å²) in [5.41, 5.74) is 2.11. The number of amides is 1. The lowest BCUT2D eigenvalue weighted by molar-refractivity contribution is -0.121. The Morgan fingerprint density at radius 3 is 2.38 bits per heavy atom. The molecule has 1 N–H and O–H groups in total. The highest BCUT2D eigenvalue weighted by atomic mass is 16.5. The molecule has 1 aromatic heterocycles. The van der Waals surface area contributed by atoms with Gasteiger partial charge in [0, 0.05) is 25.8 Å². The number of rotatable bonds is 3. The summed E-state index contributed by atoms with van der Waals surface area (Å²) in [4.78, 5) is 25.8. The molecule has 2 aliphatic heterocycles. The molecule has 3 heterocycles. The second kappa shape index (κ2) is 6.25. The van der Waals surface area contributed by atoms with Gasteiger partial charge in [0.15, 0.2) is 0 Å². The second-order valence-corrected chi connectivity index (χ2v) is 7.05. The Balaban J connectivity index is 1.71. The molecule has 0 atom stereocenters. The van der Waals surface area contributed by atoms with E-state index in [1.54, 1.807) is 4.90 Å². The summed E-state index contributed by atoms with van der Waals surface area (Å²) in [6, 6.07) is 8.07. The van der Waals surface area contributed by atoms with Crippen LogP contribution in [0.5, 0.6) is 0 Å². The van der Waals surface area contributed by atoms with Crippen LogP contribution in [0.2, 0.25) is 0 Å². The van der Waals surface area contributed by atoms with Crippen LogP contribution in [0.15, 0.2) is 30.6 Å². The maximum atomic E-state index is 13.1. The molecule has 26 heavy (non-hydrogen) atoms. The molecule has 0 aliphatic carbocycles. The van der Waals surface area contributed by atoms with E-state index in [0.29, 0.717) is 11.6 Å². The van der Waals surface area contributed by atoms with Gasteiger partial charge in [0.1, 0.15) is 18.0 Å². The topological polar surface area (TPSA) is 70.6 Å². The van der Waals surface area contributed by atoms with Crippen molar-refractivity contribution >= 4 is 28.9 Å². The summed E-state index contributed by atoms with van der Waals surface area (Å²) in [5, 5.41) is 3.08. The van der Waals surface area contributed by atoms with Crippen molar-refractivity contribution in [3.8, 4) is 0 Å². The lowest BCUT2D eigenvalue weighted by Gasteiger charge is -2.29. The molecule has 0 saturated carbocycles. The Kier molecular flexibility index (Phi) is 4.03. The van der Waals surface area contributed by atoms with Crippen molar-refractivity contribution in [2.45, 2.75) is 19.3 Å². The Bertz CT molecular complexity index is 828. The van der Waals surface area contributed by atoms with E-state index < -0.39 is 5.41 Å². The molecule has 0 radical (unpaired) electrons.